The van der Waals surface area contributed by atoms with Gasteiger partial charge in [-0.3, -0.25) is 9.59 Å². The molecule has 0 atom stereocenters. The number of carbonyl (C=O) groups excluding carboxylic acids is 1. The lowest BCUT2D eigenvalue weighted by Gasteiger charge is -2.34. The maximum Gasteiger partial charge on any atom is 0.272 e. The maximum absolute atomic E-state index is 12.6. The van der Waals surface area contributed by atoms with Crippen molar-refractivity contribution >= 4 is 33.7 Å². The molecule has 0 aliphatic carbocycles. The lowest BCUT2D eigenvalue weighted by molar-refractivity contribution is -0.132. The van der Waals surface area contributed by atoms with Gasteiger partial charge in [0.2, 0.25) is 11.9 Å². The quantitative estimate of drug-likeness (QED) is 0.421. The number of imidazole rings is 1. The van der Waals surface area contributed by atoms with E-state index >= 15 is 0 Å². The Morgan fingerprint density at radius 3 is 2.70 bits per heavy atom. The van der Waals surface area contributed by atoms with Crippen LogP contribution in [0.3, 0.4) is 0 Å². The predicted octanol–water partition coefficient (Wildman–Crippen LogP) is 2.10. The van der Waals surface area contributed by atoms with E-state index in [0.29, 0.717) is 44.5 Å². The molecule has 0 bridgehead atoms. The van der Waals surface area contributed by atoms with Crippen LogP contribution in [0.2, 0.25) is 0 Å². The molecule has 33 heavy (non-hydrogen) atoms. The summed E-state index contributed by atoms with van der Waals surface area (Å²) in [6.45, 7) is 3.72. The summed E-state index contributed by atoms with van der Waals surface area (Å²) in [5, 5.41) is 7.80. The van der Waals surface area contributed by atoms with Crippen LogP contribution in [0.5, 0.6) is 0 Å². The molecule has 0 radical (unpaired) electrons. The molecule has 2 aromatic carbocycles. The Balaban J connectivity index is 1.06. The summed E-state index contributed by atoms with van der Waals surface area (Å²) in [6.07, 6.45) is 2.69. The number of aromatic amines is 2. The van der Waals surface area contributed by atoms with Gasteiger partial charge in [0.15, 0.2) is 0 Å². The second-order valence-corrected chi connectivity index (χ2v) is 8.14. The Labute approximate surface area is 190 Å². The van der Waals surface area contributed by atoms with Gasteiger partial charge in [0.1, 0.15) is 0 Å². The Bertz CT molecular complexity index is 1290. The third-order valence-electron chi connectivity index (χ3n) is 6.09. The minimum atomic E-state index is -0.193. The second kappa shape index (κ2) is 9.41. The zero-order chi connectivity index (χ0) is 22.6. The molecule has 0 saturated carbocycles. The fourth-order valence-corrected chi connectivity index (χ4v) is 4.26. The first-order valence-corrected chi connectivity index (χ1v) is 11.2. The third-order valence-corrected chi connectivity index (χ3v) is 6.09. The molecule has 1 amide bonds. The molecule has 2 N–H and O–H groups in total. The van der Waals surface area contributed by atoms with Gasteiger partial charge in [-0.2, -0.15) is 5.10 Å². The molecule has 5 rings (SSSR count). The second-order valence-electron chi connectivity index (χ2n) is 8.14. The van der Waals surface area contributed by atoms with Crippen LogP contribution >= 0.6 is 0 Å². The highest BCUT2D eigenvalue weighted by Crippen LogP contribution is 2.19. The number of ether oxygens (including phenoxy) is 1. The fraction of sp³-hybridized carbons (Fsp3) is 0.333. The normalized spacial score (nSPS) is 14.3. The van der Waals surface area contributed by atoms with Crippen molar-refractivity contribution in [1.82, 2.24) is 25.1 Å². The summed E-state index contributed by atoms with van der Waals surface area (Å²) in [6, 6.07) is 13.6. The van der Waals surface area contributed by atoms with Crippen molar-refractivity contribution in [3.63, 3.8) is 0 Å². The number of nitrogens with one attached hydrogen (secondary N) is 2. The first kappa shape index (κ1) is 21.1. The van der Waals surface area contributed by atoms with Crippen molar-refractivity contribution in [3.8, 4) is 0 Å². The predicted molar refractivity (Wildman–Crippen MR) is 126 cm³/mol. The number of benzene rings is 2. The average molecular weight is 447 g/mol. The van der Waals surface area contributed by atoms with E-state index in [1.54, 1.807) is 12.3 Å². The zero-order valence-corrected chi connectivity index (χ0v) is 18.3. The maximum atomic E-state index is 12.6. The Kier molecular flexibility index (Phi) is 6.03. The van der Waals surface area contributed by atoms with Crippen molar-refractivity contribution in [2.75, 3.05) is 44.3 Å². The standard InChI is InChI=1S/C24H26N6O3/c31-22(9-15-33-14-8-17-4-3-5-18-19(17)16-25-28-23(18)32)29-10-12-30(13-11-29)24-26-20-6-1-2-7-21(20)27-24/h1-7,16H,8-15H2,(H,26,27)(H,28,32). The van der Waals surface area contributed by atoms with Gasteiger partial charge < -0.3 is 19.5 Å². The van der Waals surface area contributed by atoms with Crippen LogP contribution in [-0.4, -0.2) is 70.4 Å². The summed E-state index contributed by atoms with van der Waals surface area (Å²) >= 11 is 0. The molecule has 1 aliphatic rings. The highest BCUT2D eigenvalue weighted by Gasteiger charge is 2.22. The molecule has 4 aromatic rings. The summed E-state index contributed by atoms with van der Waals surface area (Å²) in [4.78, 5) is 36.5. The third kappa shape index (κ3) is 4.58. The number of carbonyl (C=O) groups is 1. The smallest absolute Gasteiger partial charge is 0.272 e. The lowest BCUT2D eigenvalue weighted by Crippen LogP contribution is -2.49. The van der Waals surface area contributed by atoms with Gasteiger partial charge in [-0.05, 0) is 30.2 Å². The van der Waals surface area contributed by atoms with E-state index in [9.17, 15) is 9.59 Å². The summed E-state index contributed by atoms with van der Waals surface area (Å²) < 4.78 is 5.72. The van der Waals surface area contributed by atoms with Crippen molar-refractivity contribution < 1.29 is 9.53 Å². The highest BCUT2D eigenvalue weighted by molar-refractivity contribution is 5.84. The molecule has 0 unspecified atom stereocenters. The number of fused-ring (bicyclic) bond motifs is 2. The van der Waals surface area contributed by atoms with E-state index in [4.69, 9.17) is 4.74 Å². The van der Waals surface area contributed by atoms with Crippen LogP contribution in [0.1, 0.15) is 12.0 Å². The minimum Gasteiger partial charge on any atom is -0.381 e. The molecular weight excluding hydrogens is 420 g/mol. The molecule has 9 heteroatoms. The van der Waals surface area contributed by atoms with Gasteiger partial charge in [-0.25, -0.2) is 10.1 Å². The number of piperazine rings is 1. The van der Waals surface area contributed by atoms with Crippen LogP contribution < -0.4 is 10.5 Å². The topological polar surface area (TPSA) is 107 Å². The number of hydrogen-bond acceptors (Lipinski definition) is 6. The number of amides is 1. The number of H-pyrrole nitrogens is 2. The van der Waals surface area contributed by atoms with E-state index in [-0.39, 0.29) is 11.5 Å². The van der Waals surface area contributed by atoms with Gasteiger partial charge in [-0.1, -0.05) is 24.3 Å². The van der Waals surface area contributed by atoms with E-state index < -0.39 is 0 Å². The lowest BCUT2D eigenvalue weighted by atomic mass is 10.1. The van der Waals surface area contributed by atoms with Gasteiger partial charge in [0, 0.05) is 31.6 Å². The van der Waals surface area contributed by atoms with Crippen molar-refractivity contribution in [2.24, 2.45) is 0 Å². The summed E-state index contributed by atoms with van der Waals surface area (Å²) in [5.41, 5.74) is 2.80. The first-order chi connectivity index (χ1) is 16.2. The van der Waals surface area contributed by atoms with Crippen LogP contribution in [0.15, 0.2) is 53.5 Å². The van der Waals surface area contributed by atoms with Gasteiger partial charge in [0.25, 0.3) is 5.56 Å². The Morgan fingerprint density at radius 2 is 1.85 bits per heavy atom. The van der Waals surface area contributed by atoms with Gasteiger partial charge in [-0.15, -0.1) is 0 Å². The van der Waals surface area contributed by atoms with E-state index in [1.807, 2.05) is 41.3 Å². The number of aromatic nitrogens is 4. The van der Waals surface area contributed by atoms with E-state index in [1.165, 1.54) is 0 Å². The number of anilines is 1. The van der Waals surface area contributed by atoms with Crippen LogP contribution in [0.25, 0.3) is 21.8 Å². The number of rotatable bonds is 7. The molecular formula is C24H26N6O3. The average Bonchev–Trinajstić information content (AvgIpc) is 3.29. The fourth-order valence-electron chi connectivity index (χ4n) is 4.26. The zero-order valence-electron chi connectivity index (χ0n) is 18.3. The van der Waals surface area contributed by atoms with Crippen molar-refractivity contribution in [2.45, 2.75) is 12.8 Å². The van der Waals surface area contributed by atoms with E-state index in [2.05, 4.69) is 25.1 Å². The van der Waals surface area contributed by atoms with Gasteiger partial charge in [0.05, 0.1) is 42.3 Å². The molecule has 1 saturated heterocycles. The first-order valence-electron chi connectivity index (χ1n) is 11.2. The molecule has 0 spiro atoms. The summed E-state index contributed by atoms with van der Waals surface area (Å²) in [7, 11) is 0. The minimum absolute atomic E-state index is 0.111. The summed E-state index contributed by atoms with van der Waals surface area (Å²) in [5.74, 6) is 0.970. The molecule has 1 aliphatic heterocycles. The molecule has 1 fully saturated rings. The van der Waals surface area contributed by atoms with Crippen LogP contribution in [0, 0.1) is 0 Å². The molecule has 3 heterocycles. The van der Waals surface area contributed by atoms with Gasteiger partial charge >= 0.3 is 0 Å². The number of hydrogen-bond donors (Lipinski definition) is 2. The number of para-hydroxylation sites is 2. The Morgan fingerprint density at radius 1 is 1.00 bits per heavy atom. The van der Waals surface area contributed by atoms with Crippen molar-refractivity contribution in [3.05, 3.63) is 64.6 Å². The van der Waals surface area contributed by atoms with Crippen LogP contribution in [0.4, 0.5) is 5.95 Å². The number of nitrogens with zero attached hydrogens (tertiary/aromatic N) is 4. The largest absolute Gasteiger partial charge is 0.381 e. The molecule has 170 valence electrons. The molecule has 9 nitrogen and oxygen atoms in total. The Hall–Kier alpha value is -3.72. The van der Waals surface area contributed by atoms with E-state index in [0.717, 1.165) is 41.0 Å². The van der Waals surface area contributed by atoms with Crippen LogP contribution in [-0.2, 0) is 16.0 Å². The van der Waals surface area contributed by atoms with Crippen molar-refractivity contribution in [1.29, 1.82) is 0 Å². The molecule has 2 aromatic heterocycles. The monoisotopic (exact) mass is 446 g/mol. The SMILES string of the molecule is O=C(CCOCCc1cccc2c(=O)[nH]ncc12)N1CCN(c2nc3ccccc3[nH]2)CC1. The highest BCUT2D eigenvalue weighted by atomic mass is 16.5.